The van der Waals surface area contributed by atoms with Crippen LogP contribution in [0.25, 0.3) is 5.69 Å². The first-order valence-electron chi connectivity index (χ1n) is 7.11. The molecule has 5 nitrogen and oxygen atoms in total. The molecule has 108 valence electrons. The van der Waals surface area contributed by atoms with Crippen LogP contribution < -0.4 is 5.32 Å². The molecule has 0 bridgehead atoms. The SMILES string of the molecule is C[C@@H](Cn1cccn1)NCc1ccc(-n2cccn2)cc1. The summed E-state index contributed by atoms with van der Waals surface area (Å²) in [6.45, 7) is 3.89. The Hall–Kier alpha value is -2.40. The fraction of sp³-hybridized carbons (Fsp3) is 0.250. The summed E-state index contributed by atoms with van der Waals surface area (Å²) in [5, 5.41) is 11.9. The first-order valence-corrected chi connectivity index (χ1v) is 7.11. The van der Waals surface area contributed by atoms with Crippen molar-refractivity contribution in [1.29, 1.82) is 0 Å². The molecule has 0 amide bonds. The number of aromatic nitrogens is 4. The van der Waals surface area contributed by atoms with E-state index in [9.17, 15) is 0 Å². The van der Waals surface area contributed by atoms with E-state index in [0.29, 0.717) is 6.04 Å². The molecule has 0 spiro atoms. The van der Waals surface area contributed by atoms with Gasteiger partial charge in [-0.3, -0.25) is 4.68 Å². The van der Waals surface area contributed by atoms with Gasteiger partial charge in [0, 0.05) is 37.4 Å². The largest absolute Gasteiger partial charge is 0.308 e. The van der Waals surface area contributed by atoms with E-state index >= 15 is 0 Å². The minimum Gasteiger partial charge on any atom is -0.308 e. The third-order valence-electron chi connectivity index (χ3n) is 3.38. The highest BCUT2D eigenvalue weighted by Crippen LogP contribution is 2.08. The lowest BCUT2D eigenvalue weighted by atomic mass is 10.2. The summed E-state index contributed by atoms with van der Waals surface area (Å²) in [6, 6.07) is 12.7. The quantitative estimate of drug-likeness (QED) is 0.754. The van der Waals surface area contributed by atoms with Gasteiger partial charge in [-0.25, -0.2) is 4.68 Å². The van der Waals surface area contributed by atoms with E-state index < -0.39 is 0 Å². The number of hydrogen-bond donors (Lipinski definition) is 1. The number of rotatable bonds is 6. The molecule has 2 heterocycles. The van der Waals surface area contributed by atoms with Gasteiger partial charge in [0.15, 0.2) is 0 Å². The Bertz CT molecular complexity index is 641. The van der Waals surface area contributed by atoms with Crippen molar-refractivity contribution in [3.8, 4) is 5.69 Å². The van der Waals surface area contributed by atoms with Crippen LogP contribution in [0.3, 0.4) is 0 Å². The van der Waals surface area contributed by atoms with E-state index in [1.165, 1.54) is 5.56 Å². The lowest BCUT2D eigenvalue weighted by molar-refractivity contribution is 0.451. The molecule has 21 heavy (non-hydrogen) atoms. The zero-order valence-electron chi connectivity index (χ0n) is 12.1. The first kappa shape index (κ1) is 13.6. The van der Waals surface area contributed by atoms with E-state index in [4.69, 9.17) is 0 Å². The summed E-state index contributed by atoms with van der Waals surface area (Å²) in [4.78, 5) is 0. The Kier molecular flexibility index (Phi) is 4.12. The second kappa shape index (κ2) is 6.37. The lowest BCUT2D eigenvalue weighted by Gasteiger charge is -2.14. The minimum atomic E-state index is 0.371. The van der Waals surface area contributed by atoms with Gasteiger partial charge in [-0.05, 0) is 36.8 Å². The average Bonchev–Trinajstić information content (AvgIpc) is 3.19. The maximum atomic E-state index is 4.22. The van der Waals surface area contributed by atoms with Crippen molar-refractivity contribution in [2.24, 2.45) is 0 Å². The molecular weight excluding hydrogens is 262 g/mol. The fourth-order valence-electron chi connectivity index (χ4n) is 2.23. The zero-order valence-corrected chi connectivity index (χ0v) is 12.1. The Labute approximate surface area is 124 Å². The lowest BCUT2D eigenvalue weighted by Crippen LogP contribution is -2.30. The number of nitrogens with one attached hydrogen (secondary N) is 1. The second-order valence-electron chi connectivity index (χ2n) is 5.13. The molecule has 1 N–H and O–H groups in total. The summed E-state index contributed by atoms with van der Waals surface area (Å²) < 4.78 is 3.80. The number of benzene rings is 1. The summed E-state index contributed by atoms with van der Waals surface area (Å²) in [5.41, 5.74) is 2.34. The molecule has 0 radical (unpaired) electrons. The fourth-order valence-corrected chi connectivity index (χ4v) is 2.23. The van der Waals surface area contributed by atoms with Crippen molar-refractivity contribution >= 4 is 0 Å². The molecule has 1 aromatic carbocycles. The first-order chi connectivity index (χ1) is 10.3. The highest BCUT2D eigenvalue weighted by Gasteiger charge is 2.03. The van der Waals surface area contributed by atoms with E-state index in [-0.39, 0.29) is 0 Å². The maximum Gasteiger partial charge on any atom is 0.0645 e. The zero-order chi connectivity index (χ0) is 14.5. The van der Waals surface area contributed by atoms with Gasteiger partial charge in [0.2, 0.25) is 0 Å². The molecule has 0 aliphatic heterocycles. The van der Waals surface area contributed by atoms with E-state index in [1.807, 2.05) is 33.9 Å². The third-order valence-corrected chi connectivity index (χ3v) is 3.38. The molecule has 0 fully saturated rings. The van der Waals surface area contributed by atoms with Crippen LogP contribution in [-0.4, -0.2) is 25.6 Å². The van der Waals surface area contributed by atoms with E-state index in [0.717, 1.165) is 18.8 Å². The summed E-state index contributed by atoms with van der Waals surface area (Å²) in [6.07, 6.45) is 7.52. The molecule has 1 atom stereocenters. The van der Waals surface area contributed by atoms with Crippen LogP contribution in [0, 0.1) is 0 Å². The molecule has 0 aliphatic rings. The van der Waals surface area contributed by atoms with Crippen molar-refractivity contribution < 1.29 is 0 Å². The predicted octanol–water partition coefficient (Wildman–Crippen LogP) is 2.25. The summed E-state index contributed by atoms with van der Waals surface area (Å²) in [7, 11) is 0. The van der Waals surface area contributed by atoms with Crippen molar-refractivity contribution in [2.75, 3.05) is 0 Å². The standard InChI is InChI=1S/C16H19N5/c1-14(13-20-10-2-8-18-20)17-12-15-4-6-16(7-5-15)21-11-3-9-19-21/h2-11,14,17H,12-13H2,1H3/t14-/m0/s1. The van der Waals surface area contributed by atoms with Crippen LogP contribution in [0.5, 0.6) is 0 Å². The monoisotopic (exact) mass is 281 g/mol. The van der Waals surface area contributed by atoms with Crippen LogP contribution in [0.2, 0.25) is 0 Å². The van der Waals surface area contributed by atoms with Crippen molar-refractivity contribution in [2.45, 2.75) is 26.1 Å². The third kappa shape index (κ3) is 3.58. The van der Waals surface area contributed by atoms with Gasteiger partial charge < -0.3 is 5.32 Å². The van der Waals surface area contributed by atoms with Crippen molar-refractivity contribution in [3.05, 3.63) is 66.7 Å². The number of hydrogen-bond acceptors (Lipinski definition) is 3. The molecule has 0 aliphatic carbocycles. The predicted molar refractivity (Wildman–Crippen MR) is 82.1 cm³/mol. The highest BCUT2D eigenvalue weighted by atomic mass is 15.3. The molecule has 0 saturated heterocycles. The van der Waals surface area contributed by atoms with Gasteiger partial charge in [0.05, 0.1) is 12.2 Å². The Morgan fingerprint density at radius 1 is 1.05 bits per heavy atom. The molecule has 0 unspecified atom stereocenters. The average molecular weight is 281 g/mol. The van der Waals surface area contributed by atoms with Crippen LogP contribution in [-0.2, 0) is 13.1 Å². The highest BCUT2D eigenvalue weighted by molar-refractivity contribution is 5.33. The molecular formula is C16H19N5. The van der Waals surface area contributed by atoms with Crippen molar-refractivity contribution in [3.63, 3.8) is 0 Å². The van der Waals surface area contributed by atoms with Gasteiger partial charge in [0.25, 0.3) is 0 Å². The topological polar surface area (TPSA) is 47.7 Å². The molecule has 3 rings (SSSR count). The minimum absolute atomic E-state index is 0.371. The molecule has 3 aromatic rings. The summed E-state index contributed by atoms with van der Waals surface area (Å²) >= 11 is 0. The Morgan fingerprint density at radius 3 is 2.48 bits per heavy atom. The second-order valence-corrected chi connectivity index (χ2v) is 5.13. The van der Waals surface area contributed by atoms with Gasteiger partial charge in [-0.15, -0.1) is 0 Å². The van der Waals surface area contributed by atoms with Gasteiger partial charge >= 0.3 is 0 Å². The smallest absolute Gasteiger partial charge is 0.0645 e. The molecule has 2 aromatic heterocycles. The van der Waals surface area contributed by atoms with E-state index in [1.54, 1.807) is 12.4 Å². The van der Waals surface area contributed by atoms with Crippen molar-refractivity contribution in [1.82, 2.24) is 24.9 Å². The maximum absolute atomic E-state index is 4.22. The van der Waals surface area contributed by atoms with Crippen LogP contribution >= 0.6 is 0 Å². The number of nitrogens with zero attached hydrogens (tertiary/aromatic N) is 4. The van der Waals surface area contributed by atoms with Gasteiger partial charge in [-0.2, -0.15) is 10.2 Å². The van der Waals surface area contributed by atoms with E-state index in [2.05, 4.69) is 46.7 Å². The summed E-state index contributed by atoms with van der Waals surface area (Å²) in [5.74, 6) is 0. The normalized spacial score (nSPS) is 12.4. The van der Waals surface area contributed by atoms with Crippen LogP contribution in [0.4, 0.5) is 0 Å². The Balaban J connectivity index is 1.53. The molecule has 0 saturated carbocycles. The van der Waals surface area contributed by atoms with Crippen LogP contribution in [0.1, 0.15) is 12.5 Å². The Morgan fingerprint density at radius 2 is 1.81 bits per heavy atom. The molecule has 5 heteroatoms. The van der Waals surface area contributed by atoms with Crippen LogP contribution in [0.15, 0.2) is 61.2 Å². The van der Waals surface area contributed by atoms with Gasteiger partial charge in [0.1, 0.15) is 0 Å². The van der Waals surface area contributed by atoms with Gasteiger partial charge in [-0.1, -0.05) is 12.1 Å².